The van der Waals surface area contributed by atoms with Crippen molar-refractivity contribution in [3.8, 4) is 5.75 Å². The number of carbonyl (C=O) groups excluding carboxylic acids is 1. The molecular weight excluding hydrogens is 377 g/mol. The fraction of sp³-hybridized carbons (Fsp3) is 0.133. The Morgan fingerprint density at radius 3 is 2.76 bits per heavy atom. The lowest BCUT2D eigenvalue weighted by molar-refractivity contribution is -0.118. The summed E-state index contributed by atoms with van der Waals surface area (Å²) in [5.74, 6) is 0.103. The predicted molar refractivity (Wildman–Crippen MR) is 89.5 cm³/mol. The van der Waals surface area contributed by atoms with Crippen LogP contribution in [0.25, 0.3) is 0 Å². The molecular formula is C15H12BrCl2NO2. The van der Waals surface area contributed by atoms with Gasteiger partial charge in [-0.3, -0.25) is 4.79 Å². The quantitative estimate of drug-likeness (QED) is 0.792. The number of hydrogen-bond acceptors (Lipinski definition) is 2. The number of anilines is 1. The van der Waals surface area contributed by atoms with E-state index in [9.17, 15) is 4.79 Å². The molecule has 0 atom stereocenters. The first-order valence-corrected chi connectivity index (χ1v) is 7.65. The minimum atomic E-state index is -0.276. The molecule has 2 aromatic rings. The molecule has 0 aliphatic carbocycles. The average Bonchev–Trinajstić information content (AvgIpc) is 2.44. The van der Waals surface area contributed by atoms with Gasteiger partial charge in [-0.2, -0.15) is 0 Å². The van der Waals surface area contributed by atoms with Crippen molar-refractivity contribution < 1.29 is 9.53 Å². The summed E-state index contributed by atoms with van der Waals surface area (Å²) < 4.78 is 6.30. The number of benzene rings is 2. The molecule has 2 aromatic carbocycles. The van der Waals surface area contributed by atoms with Crippen LogP contribution in [-0.4, -0.2) is 12.5 Å². The fourth-order valence-corrected chi connectivity index (χ4v) is 2.33. The highest BCUT2D eigenvalue weighted by atomic mass is 79.9. The molecule has 0 aliphatic rings. The van der Waals surface area contributed by atoms with Crippen LogP contribution in [0.15, 0.2) is 40.9 Å². The van der Waals surface area contributed by atoms with Gasteiger partial charge in [0, 0.05) is 10.2 Å². The van der Waals surface area contributed by atoms with Crippen LogP contribution in [0.1, 0.15) is 5.56 Å². The number of aryl methyl sites for hydroxylation is 1. The van der Waals surface area contributed by atoms with Crippen molar-refractivity contribution >= 4 is 50.7 Å². The molecule has 21 heavy (non-hydrogen) atoms. The topological polar surface area (TPSA) is 38.3 Å². The zero-order valence-corrected chi connectivity index (χ0v) is 14.2. The summed E-state index contributed by atoms with van der Waals surface area (Å²) in [7, 11) is 0. The average molecular weight is 389 g/mol. The Morgan fingerprint density at radius 2 is 2.05 bits per heavy atom. The first-order chi connectivity index (χ1) is 9.97. The zero-order chi connectivity index (χ0) is 15.4. The summed E-state index contributed by atoms with van der Waals surface area (Å²) in [6.45, 7) is 1.82. The standard InChI is InChI=1S/C15H12BrCl2NO2/c1-9-5-6-10(7-11(9)16)19-14(20)8-21-13-4-2-3-12(17)15(13)18/h2-7H,8H2,1H3,(H,19,20). The Bertz CT molecular complexity index is 677. The molecule has 0 radical (unpaired) electrons. The van der Waals surface area contributed by atoms with Crippen molar-refractivity contribution in [2.75, 3.05) is 11.9 Å². The SMILES string of the molecule is Cc1ccc(NC(=O)COc2cccc(Cl)c2Cl)cc1Br. The molecule has 0 bridgehead atoms. The molecule has 2 rings (SSSR count). The molecule has 110 valence electrons. The number of halogens is 3. The van der Waals surface area contributed by atoms with E-state index in [1.807, 2.05) is 25.1 Å². The monoisotopic (exact) mass is 387 g/mol. The molecule has 0 spiro atoms. The summed E-state index contributed by atoms with van der Waals surface area (Å²) in [5.41, 5.74) is 1.79. The second-order valence-electron chi connectivity index (χ2n) is 4.35. The van der Waals surface area contributed by atoms with Crippen LogP contribution in [0.2, 0.25) is 10.0 Å². The van der Waals surface area contributed by atoms with E-state index in [4.69, 9.17) is 27.9 Å². The Kier molecular flexibility index (Phi) is 5.51. The van der Waals surface area contributed by atoms with E-state index in [1.54, 1.807) is 18.2 Å². The van der Waals surface area contributed by atoms with E-state index >= 15 is 0 Å². The first-order valence-electron chi connectivity index (χ1n) is 6.10. The van der Waals surface area contributed by atoms with Gasteiger partial charge in [-0.05, 0) is 36.8 Å². The first kappa shape index (κ1) is 16.1. The Morgan fingerprint density at radius 1 is 1.29 bits per heavy atom. The predicted octanol–water partition coefficient (Wildman–Crippen LogP) is 5.08. The lowest BCUT2D eigenvalue weighted by atomic mass is 10.2. The van der Waals surface area contributed by atoms with Crippen LogP contribution in [0.3, 0.4) is 0 Å². The summed E-state index contributed by atoms with van der Waals surface area (Å²) in [5, 5.41) is 3.43. The Labute approximate surface area is 141 Å². The van der Waals surface area contributed by atoms with Gasteiger partial charge >= 0.3 is 0 Å². The van der Waals surface area contributed by atoms with Crippen molar-refractivity contribution in [3.05, 3.63) is 56.5 Å². The van der Waals surface area contributed by atoms with Crippen LogP contribution in [0.5, 0.6) is 5.75 Å². The number of carbonyl (C=O) groups is 1. The normalized spacial score (nSPS) is 10.3. The van der Waals surface area contributed by atoms with Gasteiger partial charge in [0.05, 0.1) is 5.02 Å². The van der Waals surface area contributed by atoms with Gasteiger partial charge in [0.25, 0.3) is 5.91 Å². The molecule has 0 saturated heterocycles. The fourth-order valence-electron chi connectivity index (χ4n) is 1.61. The van der Waals surface area contributed by atoms with E-state index in [1.165, 1.54) is 0 Å². The van der Waals surface area contributed by atoms with Crippen LogP contribution in [0, 0.1) is 6.92 Å². The van der Waals surface area contributed by atoms with E-state index in [0.29, 0.717) is 21.5 Å². The van der Waals surface area contributed by atoms with Crippen molar-refractivity contribution in [2.45, 2.75) is 6.92 Å². The molecule has 1 N–H and O–H groups in total. The molecule has 0 unspecified atom stereocenters. The third-order valence-corrected chi connectivity index (χ3v) is 4.39. The lowest BCUT2D eigenvalue weighted by Crippen LogP contribution is -2.20. The molecule has 3 nitrogen and oxygen atoms in total. The van der Waals surface area contributed by atoms with E-state index in [-0.39, 0.29) is 12.5 Å². The van der Waals surface area contributed by atoms with Gasteiger partial charge < -0.3 is 10.1 Å². The smallest absolute Gasteiger partial charge is 0.262 e. The van der Waals surface area contributed by atoms with Crippen molar-refractivity contribution in [3.63, 3.8) is 0 Å². The molecule has 0 fully saturated rings. The maximum Gasteiger partial charge on any atom is 0.262 e. The highest BCUT2D eigenvalue weighted by Crippen LogP contribution is 2.31. The van der Waals surface area contributed by atoms with Gasteiger partial charge in [0.15, 0.2) is 6.61 Å². The van der Waals surface area contributed by atoms with Crippen LogP contribution >= 0.6 is 39.1 Å². The molecule has 0 saturated carbocycles. The van der Waals surface area contributed by atoms with Crippen LogP contribution in [-0.2, 0) is 4.79 Å². The van der Waals surface area contributed by atoms with Crippen molar-refractivity contribution in [2.24, 2.45) is 0 Å². The third kappa shape index (κ3) is 4.37. The molecule has 0 aromatic heterocycles. The zero-order valence-electron chi connectivity index (χ0n) is 11.1. The number of nitrogens with one attached hydrogen (secondary N) is 1. The number of rotatable bonds is 4. The second kappa shape index (κ2) is 7.16. The van der Waals surface area contributed by atoms with Gasteiger partial charge in [-0.25, -0.2) is 0 Å². The van der Waals surface area contributed by atoms with Gasteiger partial charge in [-0.1, -0.05) is 51.3 Å². The lowest BCUT2D eigenvalue weighted by Gasteiger charge is -2.10. The largest absolute Gasteiger partial charge is 0.482 e. The summed E-state index contributed by atoms with van der Waals surface area (Å²) in [6.07, 6.45) is 0. The number of ether oxygens (including phenoxy) is 1. The maximum atomic E-state index is 11.9. The molecule has 6 heteroatoms. The Balaban J connectivity index is 1.96. The molecule has 1 amide bonds. The summed E-state index contributed by atoms with van der Waals surface area (Å²) in [4.78, 5) is 11.9. The van der Waals surface area contributed by atoms with Crippen LogP contribution < -0.4 is 10.1 Å². The highest BCUT2D eigenvalue weighted by Gasteiger charge is 2.09. The Hall–Kier alpha value is -1.23. The van der Waals surface area contributed by atoms with E-state index in [2.05, 4.69) is 21.2 Å². The number of amides is 1. The van der Waals surface area contributed by atoms with E-state index < -0.39 is 0 Å². The minimum Gasteiger partial charge on any atom is -0.482 e. The molecule has 0 aliphatic heterocycles. The van der Waals surface area contributed by atoms with Gasteiger partial charge in [-0.15, -0.1) is 0 Å². The summed E-state index contributed by atoms with van der Waals surface area (Å²) in [6, 6.07) is 10.6. The van der Waals surface area contributed by atoms with Gasteiger partial charge in [0.1, 0.15) is 10.8 Å². The third-order valence-electron chi connectivity index (χ3n) is 2.73. The summed E-state index contributed by atoms with van der Waals surface area (Å²) >= 11 is 15.3. The minimum absolute atomic E-state index is 0.147. The number of hydrogen-bond donors (Lipinski definition) is 1. The van der Waals surface area contributed by atoms with E-state index in [0.717, 1.165) is 10.0 Å². The maximum absolute atomic E-state index is 11.9. The second-order valence-corrected chi connectivity index (χ2v) is 5.99. The highest BCUT2D eigenvalue weighted by molar-refractivity contribution is 9.10. The van der Waals surface area contributed by atoms with Crippen molar-refractivity contribution in [1.82, 2.24) is 0 Å². The van der Waals surface area contributed by atoms with Crippen LogP contribution in [0.4, 0.5) is 5.69 Å². The van der Waals surface area contributed by atoms with Gasteiger partial charge in [0.2, 0.25) is 0 Å². The molecule has 0 heterocycles. The van der Waals surface area contributed by atoms with Crippen molar-refractivity contribution in [1.29, 1.82) is 0 Å².